The van der Waals surface area contributed by atoms with E-state index in [-0.39, 0.29) is 41.1 Å². The van der Waals surface area contributed by atoms with Gasteiger partial charge in [-0.15, -0.1) is 0 Å². The lowest BCUT2D eigenvalue weighted by Gasteiger charge is -2.14. The zero-order chi connectivity index (χ0) is 23.8. The van der Waals surface area contributed by atoms with Crippen LogP contribution in [0.5, 0.6) is 11.5 Å². The molecular weight excluding hydrogens is 448 g/mol. The number of anilines is 2. The molecule has 0 aliphatic carbocycles. The Balaban J connectivity index is 1.82. The maximum Gasteiger partial charge on any atom is 0.265 e. The Bertz CT molecular complexity index is 1360. The zero-order valence-corrected chi connectivity index (χ0v) is 19.0. The van der Waals surface area contributed by atoms with E-state index in [1.807, 2.05) is 0 Å². The summed E-state index contributed by atoms with van der Waals surface area (Å²) in [5.41, 5.74) is 1.69. The fraction of sp³-hybridized carbons (Fsp3) is 0.227. The summed E-state index contributed by atoms with van der Waals surface area (Å²) in [5, 5.41) is 6.98. The summed E-state index contributed by atoms with van der Waals surface area (Å²) in [4.78, 5) is 24.4. The lowest BCUT2D eigenvalue weighted by molar-refractivity contribution is -0.116. The highest BCUT2D eigenvalue weighted by Gasteiger charge is 2.28. The Kier molecular flexibility index (Phi) is 5.81. The Hall–Kier alpha value is -3.86. The number of sulfonamides is 1. The van der Waals surface area contributed by atoms with Crippen molar-refractivity contribution in [2.24, 2.45) is 0 Å². The van der Waals surface area contributed by atoms with Gasteiger partial charge in [-0.25, -0.2) is 8.42 Å². The van der Waals surface area contributed by atoms with Gasteiger partial charge in [0.15, 0.2) is 0 Å². The van der Waals surface area contributed by atoms with Gasteiger partial charge in [0.05, 0.1) is 25.6 Å². The number of carbonyl (C=O) groups is 2. The molecule has 3 aromatic rings. The first-order valence-corrected chi connectivity index (χ1v) is 11.5. The van der Waals surface area contributed by atoms with Gasteiger partial charge >= 0.3 is 0 Å². The molecule has 10 nitrogen and oxygen atoms in total. The number of methoxy groups -OCH3 is 2. The maximum absolute atomic E-state index is 13.3. The number of aromatic nitrogens is 2. The molecule has 0 fully saturated rings. The number of fused-ring (bicyclic) bond motifs is 1. The molecule has 1 aliphatic heterocycles. The van der Waals surface area contributed by atoms with Gasteiger partial charge in [0.1, 0.15) is 22.2 Å². The first kappa shape index (κ1) is 22.3. The molecule has 0 unspecified atom stereocenters. The normalized spacial score (nSPS) is 13.7. The molecule has 0 atom stereocenters. The van der Waals surface area contributed by atoms with Gasteiger partial charge in [0, 0.05) is 24.5 Å². The van der Waals surface area contributed by atoms with Crippen LogP contribution in [0, 0.1) is 6.92 Å². The van der Waals surface area contributed by atoms with Crippen LogP contribution in [0.25, 0.3) is 11.1 Å². The second-order valence-corrected chi connectivity index (χ2v) is 9.02. The van der Waals surface area contributed by atoms with Gasteiger partial charge in [-0.2, -0.15) is 9.78 Å². The Labute approximate surface area is 190 Å². The fourth-order valence-corrected chi connectivity index (χ4v) is 4.87. The molecule has 4 rings (SSSR count). The monoisotopic (exact) mass is 470 g/mol. The highest BCUT2D eigenvalue weighted by molar-refractivity contribution is 7.92. The molecule has 0 saturated carbocycles. The summed E-state index contributed by atoms with van der Waals surface area (Å²) in [7, 11) is -1.21. The third kappa shape index (κ3) is 4.27. The van der Waals surface area contributed by atoms with Gasteiger partial charge in [-0.1, -0.05) is 12.1 Å². The first-order chi connectivity index (χ1) is 15.7. The Morgan fingerprint density at radius 3 is 2.58 bits per heavy atom. The SMILES string of the molecule is COc1cccc(NS(=O)(=O)c2cc(-c3c(C)nn4c3NC(=O)CCC4=O)ccc2OC)c1. The lowest BCUT2D eigenvalue weighted by atomic mass is 10.1. The lowest BCUT2D eigenvalue weighted by Crippen LogP contribution is -2.14. The molecular formula is C22H22N4O6S. The maximum atomic E-state index is 13.3. The van der Waals surface area contributed by atoms with Crippen molar-refractivity contribution in [1.29, 1.82) is 0 Å². The standard InChI is InChI=1S/C22H22N4O6S/c1-13-21(22-23-19(27)9-10-20(28)26(22)24-13)14-7-8-17(32-3)18(11-14)33(29,30)25-15-5-4-6-16(12-15)31-2/h4-8,11-12,25H,9-10H2,1-3H3,(H,23,27). The predicted octanol–water partition coefficient (Wildman–Crippen LogP) is 3.05. The van der Waals surface area contributed by atoms with Crippen LogP contribution in [0.15, 0.2) is 47.4 Å². The number of nitrogens with zero attached hydrogens (tertiary/aromatic N) is 2. The van der Waals surface area contributed by atoms with Crippen molar-refractivity contribution in [3.63, 3.8) is 0 Å². The second-order valence-electron chi connectivity index (χ2n) is 7.37. The zero-order valence-electron chi connectivity index (χ0n) is 18.2. The Morgan fingerprint density at radius 2 is 1.85 bits per heavy atom. The van der Waals surface area contributed by atoms with Crippen molar-refractivity contribution in [3.8, 4) is 22.6 Å². The second kappa shape index (κ2) is 8.58. The molecule has 172 valence electrons. The van der Waals surface area contributed by atoms with Crippen molar-refractivity contribution in [2.45, 2.75) is 24.7 Å². The number of amides is 1. The van der Waals surface area contributed by atoms with Gasteiger partial charge in [-0.05, 0) is 36.8 Å². The van der Waals surface area contributed by atoms with Crippen LogP contribution in [-0.4, -0.2) is 44.2 Å². The molecule has 1 aliphatic rings. The number of nitrogens with one attached hydrogen (secondary N) is 2. The summed E-state index contributed by atoms with van der Waals surface area (Å²) in [5.74, 6) is 0.206. The number of rotatable bonds is 6. The number of hydrogen-bond acceptors (Lipinski definition) is 7. The van der Waals surface area contributed by atoms with Gasteiger partial charge in [-0.3, -0.25) is 14.3 Å². The van der Waals surface area contributed by atoms with E-state index in [4.69, 9.17) is 9.47 Å². The molecule has 2 aromatic carbocycles. The van der Waals surface area contributed by atoms with Crippen molar-refractivity contribution in [3.05, 3.63) is 48.2 Å². The minimum atomic E-state index is -4.07. The average Bonchev–Trinajstić information content (AvgIpc) is 3.05. The number of ether oxygens (including phenoxy) is 2. The molecule has 11 heteroatoms. The van der Waals surface area contributed by atoms with E-state index in [9.17, 15) is 18.0 Å². The van der Waals surface area contributed by atoms with Crippen LogP contribution in [0.3, 0.4) is 0 Å². The van der Waals surface area contributed by atoms with E-state index in [2.05, 4.69) is 15.1 Å². The summed E-state index contributed by atoms with van der Waals surface area (Å²) in [6, 6.07) is 11.1. The van der Waals surface area contributed by atoms with E-state index in [0.29, 0.717) is 28.3 Å². The van der Waals surface area contributed by atoms with E-state index in [1.54, 1.807) is 37.3 Å². The fourth-order valence-electron chi connectivity index (χ4n) is 3.63. The molecule has 0 radical (unpaired) electrons. The van der Waals surface area contributed by atoms with Crippen LogP contribution in [-0.2, 0) is 14.8 Å². The number of hydrogen-bond donors (Lipinski definition) is 2. The highest BCUT2D eigenvalue weighted by Crippen LogP contribution is 2.37. The third-order valence-electron chi connectivity index (χ3n) is 5.18. The molecule has 2 N–H and O–H groups in total. The largest absolute Gasteiger partial charge is 0.497 e. The average molecular weight is 471 g/mol. The van der Waals surface area contributed by atoms with E-state index in [0.717, 1.165) is 4.68 Å². The third-order valence-corrected chi connectivity index (χ3v) is 6.59. The summed E-state index contributed by atoms with van der Waals surface area (Å²) in [6.45, 7) is 1.68. The topological polar surface area (TPSA) is 129 Å². The summed E-state index contributed by atoms with van der Waals surface area (Å²) >= 11 is 0. The number of carbonyl (C=O) groups excluding carboxylic acids is 2. The van der Waals surface area contributed by atoms with Gasteiger partial charge in [0.2, 0.25) is 11.8 Å². The van der Waals surface area contributed by atoms with Gasteiger partial charge in [0.25, 0.3) is 10.0 Å². The molecule has 1 amide bonds. The van der Waals surface area contributed by atoms with Crippen molar-refractivity contribution in [2.75, 3.05) is 24.3 Å². The van der Waals surface area contributed by atoms with E-state index < -0.39 is 10.0 Å². The smallest absolute Gasteiger partial charge is 0.265 e. The minimum Gasteiger partial charge on any atom is -0.497 e. The van der Waals surface area contributed by atoms with Crippen LogP contribution in [0.4, 0.5) is 11.5 Å². The number of aryl methyl sites for hydroxylation is 1. The van der Waals surface area contributed by atoms with Crippen LogP contribution < -0.4 is 19.5 Å². The molecule has 2 heterocycles. The van der Waals surface area contributed by atoms with Crippen molar-refractivity contribution < 1.29 is 27.5 Å². The van der Waals surface area contributed by atoms with Crippen LogP contribution in [0.1, 0.15) is 23.3 Å². The Morgan fingerprint density at radius 1 is 1.06 bits per heavy atom. The van der Waals surface area contributed by atoms with Crippen molar-refractivity contribution >= 4 is 33.3 Å². The number of benzene rings is 2. The molecule has 1 aromatic heterocycles. The van der Waals surface area contributed by atoms with E-state index >= 15 is 0 Å². The van der Waals surface area contributed by atoms with Gasteiger partial charge < -0.3 is 14.8 Å². The van der Waals surface area contributed by atoms with E-state index in [1.165, 1.54) is 26.4 Å². The molecule has 33 heavy (non-hydrogen) atoms. The quantitative estimate of drug-likeness (QED) is 0.566. The first-order valence-electron chi connectivity index (χ1n) is 10.0. The minimum absolute atomic E-state index is 0.0338. The summed E-state index contributed by atoms with van der Waals surface area (Å²) in [6.07, 6.45) is 0.0828. The highest BCUT2D eigenvalue weighted by atomic mass is 32.2. The predicted molar refractivity (Wildman–Crippen MR) is 121 cm³/mol. The van der Waals surface area contributed by atoms with Crippen LogP contribution in [0.2, 0.25) is 0 Å². The summed E-state index contributed by atoms with van der Waals surface area (Å²) < 4.78 is 40.6. The molecule has 0 bridgehead atoms. The van der Waals surface area contributed by atoms with Crippen molar-refractivity contribution in [1.82, 2.24) is 9.78 Å². The van der Waals surface area contributed by atoms with Crippen LogP contribution >= 0.6 is 0 Å². The molecule has 0 saturated heterocycles. The molecule has 0 spiro atoms.